The van der Waals surface area contributed by atoms with Crippen LogP contribution in [-0.4, -0.2) is 56.8 Å². The van der Waals surface area contributed by atoms with Gasteiger partial charge in [0.05, 0.1) is 19.1 Å². The minimum Gasteiger partial charge on any atom is -0.465 e. The summed E-state index contributed by atoms with van der Waals surface area (Å²) in [6, 6.07) is 19.8. The minimum atomic E-state index is -2.75. The minimum absolute atomic E-state index is 0.0882. The number of benzene rings is 2. The molecule has 1 unspecified atom stereocenters. The third-order valence-corrected chi connectivity index (χ3v) is 12.7. The van der Waals surface area contributed by atoms with Gasteiger partial charge in [0.2, 0.25) is 5.91 Å². The van der Waals surface area contributed by atoms with Crippen molar-refractivity contribution >= 4 is 42.3 Å². The number of hydrogen-bond donors (Lipinski definition) is 1. The van der Waals surface area contributed by atoms with Crippen molar-refractivity contribution in [2.45, 2.75) is 90.5 Å². The lowest BCUT2D eigenvalue weighted by molar-refractivity contribution is -0.158. The number of amides is 1. The number of carbonyl (C=O) groups is 4. The third kappa shape index (κ3) is 7.71. The molecule has 0 aromatic heterocycles. The van der Waals surface area contributed by atoms with Crippen molar-refractivity contribution in [3.8, 4) is 0 Å². The quantitative estimate of drug-likeness (QED) is 0.218. The largest absolute Gasteiger partial charge is 0.465 e. The number of ether oxygens (including phenoxy) is 2. The normalized spacial score (nSPS) is 18.7. The Hall–Kier alpha value is -3.30. The Morgan fingerprint density at radius 2 is 1.56 bits per heavy atom. The fourth-order valence-electron chi connectivity index (χ4n) is 5.76. The van der Waals surface area contributed by atoms with Crippen LogP contribution < -0.4 is 15.7 Å². The molecule has 1 aliphatic heterocycles. The average Bonchev–Trinajstić information content (AvgIpc) is 3.26. The summed E-state index contributed by atoms with van der Waals surface area (Å²) < 4.78 is 17.6. The summed E-state index contributed by atoms with van der Waals surface area (Å²) in [5, 5.41) is 4.83. The van der Waals surface area contributed by atoms with Crippen LogP contribution in [0.15, 0.2) is 60.7 Å². The van der Waals surface area contributed by atoms with Gasteiger partial charge in [-0.1, -0.05) is 81.4 Å². The third-order valence-electron chi connectivity index (χ3n) is 7.51. The van der Waals surface area contributed by atoms with Crippen molar-refractivity contribution in [3.63, 3.8) is 0 Å². The lowest BCUT2D eigenvalue weighted by Gasteiger charge is -2.44. The number of hydrogen-bond acceptors (Lipinski definition) is 7. The van der Waals surface area contributed by atoms with Gasteiger partial charge in [-0.05, 0) is 42.1 Å². The lowest BCUT2D eigenvalue weighted by Crippen LogP contribution is -2.67. The zero-order valence-electron chi connectivity index (χ0n) is 25.0. The van der Waals surface area contributed by atoms with Crippen molar-refractivity contribution in [3.05, 3.63) is 60.7 Å². The summed E-state index contributed by atoms with van der Waals surface area (Å²) in [5.41, 5.74) is 0. The van der Waals surface area contributed by atoms with E-state index in [0.29, 0.717) is 12.8 Å². The maximum absolute atomic E-state index is 13.4. The summed E-state index contributed by atoms with van der Waals surface area (Å²) in [4.78, 5) is 50.0. The van der Waals surface area contributed by atoms with Crippen LogP contribution in [0.2, 0.25) is 5.04 Å². The van der Waals surface area contributed by atoms with E-state index in [9.17, 15) is 19.2 Å². The van der Waals surface area contributed by atoms with Gasteiger partial charge in [-0.25, -0.2) is 0 Å². The number of rotatable bonds is 13. The van der Waals surface area contributed by atoms with Crippen LogP contribution in [0.3, 0.4) is 0 Å². The van der Waals surface area contributed by atoms with Crippen molar-refractivity contribution in [1.82, 2.24) is 5.32 Å². The molecule has 0 bridgehead atoms. The Kier molecular flexibility index (Phi) is 11.0. The van der Waals surface area contributed by atoms with Gasteiger partial charge in [-0.3, -0.25) is 19.2 Å². The number of nitrogens with one attached hydrogen (secondary N) is 1. The highest BCUT2D eigenvalue weighted by molar-refractivity contribution is 6.99. The van der Waals surface area contributed by atoms with E-state index in [1.807, 2.05) is 43.3 Å². The molecule has 0 aliphatic carbocycles. The number of carbonyl (C=O) groups excluding carboxylic acids is 4. The first-order chi connectivity index (χ1) is 19.4. The van der Waals surface area contributed by atoms with Crippen molar-refractivity contribution in [2.24, 2.45) is 5.92 Å². The smallest absolute Gasteiger partial charge is 0.318 e. The lowest BCUT2D eigenvalue weighted by atomic mass is 9.89. The molecule has 1 heterocycles. The van der Waals surface area contributed by atoms with Gasteiger partial charge >= 0.3 is 11.9 Å². The van der Waals surface area contributed by atoms with Gasteiger partial charge in [-0.2, -0.15) is 0 Å². The van der Waals surface area contributed by atoms with E-state index in [1.54, 1.807) is 6.92 Å². The van der Waals surface area contributed by atoms with Crippen LogP contribution in [-0.2, 0) is 33.1 Å². The molecule has 9 heteroatoms. The molecule has 8 nitrogen and oxygen atoms in total. The van der Waals surface area contributed by atoms with E-state index >= 15 is 0 Å². The molecule has 4 atom stereocenters. The van der Waals surface area contributed by atoms with E-state index in [2.05, 4.69) is 50.4 Å². The molecule has 1 aliphatic rings. The second-order valence-corrected chi connectivity index (χ2v) is 15.9. The first kappa shape index (κ1) is 32.2. The molecule has 1 saturated heterocycles. The van der Waals surface area contributed by atoms with E-state index < -0.39 is 38.3 Å². The average molecular weight is 582 g/mol. The monoisotopic (exact) mass is 581 g/mol. The van der Waals surface area contributed by atoms with Gasteiger partial charge in [-0.15, -0.1) is 0 Å². The SMILES string of the molecule is CCOC(=O)C(C(=O)CCC[C@H](C)O[Si](c1ccccc1)(c1ccccc1)C(C)(C)C)[C@H]1NC(=O)C[C@@H]1OC(C)=O. The second kappa shape index (κ2) is 14.0. The molecule has 1 amide bonds. The second-order valence-electron chi connectivity index (χ2n) is 11.6. The molecule has 1 fully saturated rings. The maximum atomic E-state index is 13.4. The van der Waals surface area contributed by atoms with Crippen LogP contribution in [0, 0.1) is 5.92 Å². The predicted molar refractivity (Wildman–Crippen MR) is 159 cm³/mol. The number of ketones is 1. The van der Waals surface area contributed by atoms with Gasteiger partial charge in [0, 0.05) is 19.4 Å². The van der Waals surface area contributed by atoms with Crippen LogP contribution in [0.5, 0.6) is 0 Å². The fourth-order valence-corrected chi connectivity index (χ4v) is 10.5. The highest BCUT2D eigenvalue weighted by atomic mass is 28.4. The Morgan fingerprint density at radius 1 is 1.00 bits per heavy atom. The Labute approximate surface area is 244 Å². The van der Waals surface area contributed by atoms with E-state index in [-0.39, 0.29) is 42.3 Å². The zero-order chi connectivity index (χ0) is 30.2. The standard InChI is InChI=1S/C32H43NO7Si/c1-7-38-31(37)29(30-27(39-23(3)34)21-28(36)33-30)26(35)20-14-15-22(2)40-41(32(4,5)6,24-16-10-8-11-17-24)25-18-12-9-13-19-25/h8-13,16-19,22,27,29-30H,7,14-15,20-21H2,1-6H3,(H,33,36)/t22-,27-,29?,30-/m0/s1. The fraction of sp³-hybridized carbons (Fsp3) is 0.500. The maximum Gasteiger partial charge on any atom is 0.318 e. The molecule has 2 aromatic rings. The van der Waals surface area contributed by atoms with Crippen LogP contribution in [0.25, 0.3) is 0 Å². The van der Waals surface area contributed by atoms with E-state index in [0.717, 1.165) is 0 Å². The summed E-state index contributed by atoms with van der Waals surface area (Å²) >= 11 is 0. The molecule has 0 spiro atoms. The molecule has 1 N–H and O–H groups in total. The Balaban J connectivity index is 1.78. The molecule has 0 radical (unpaired) electrons. The molecular formula is C32H43NO7Si. The van der Waals surface area contributed by atoms with Crippen LogP contribution in [0.1, 0.15) is 67.2 Å². The number of esters is 2. The van der Waals surface area contributed by atoms with Crippen molar-refractivity contribution in [1.29, 1.82) is 0 Å². The summed E-state index contributed by atoms with van der Waals surface area (Å²) in [6.45, 7) is 11.7. The van der Waals surface area contributed by atoms with Crippen LogP contribution >= 0.6 is 0 Å². The molecule has 41 heavy (non-hydrogen) atoms. The molecule has 3 rings (SSSR count). The molecule has 0 saturated carbocycles. The predicted octanol–water partition coefficient (Wildman–Crippen LogP) is 3.69. The van der Waals surface area contributed by atoms with E-state index in [1.165, 1.54) is 17.3 Å². The summed E-state index contributed by atoms with van der Waals surface area (Å²) in [7, 11) is -2.75. The summed E-state index contributed by atoms with van der Waals surface area (Å²) in [6.07, 6.45) is -0.0113. The first-order valence-electron chi connectivity index (χ1n) is 14.4. The Bertz CT molecular complexity index is 1160. The molecular weight excluding hydrogens is 538 g/mol. The first-order valence-corrected chi connectivity index (χ1v) is 16.3. The topological polar surface area (TPSA) is 108 Å². The highest BCUT2D eigenvalue weighted by Crippen LogP contribution is 2.38. The molecule has 222 valence electrons. The number of Topliss-reactive ketones (excluding diaryl/α,β-unsaturated/α-hetero) is 1. The van der Waals surface area contributed by atoms with Gasteiger partial charge in [0.15, 0.2) is 0 Å². The molecule has 2 aromatic carbocycles. The Morgan fingerprint density at radius 3 is 2.05 bits per heavy atom. The van der Waals surface area contributed by atoms with Crippen molar-refractivity contribution in [2.75, 3.05) is 6.61 Å². The van der Waals surface area contributed by atoms with E-state index in [4.69, 9.17) is 13.9 Å². The summed E-state index contributed by atoms with van der Waals surface area (Å²) in [5.74, 6) is -3.29. The van der Waals surface area contributed by atoms with Gasteiger partial charge in [0.25, 0.3) is 8.32 Å². The zero-order valence-corrected chi connectivity index (χ0v) is 26.0. The van der Waals surface area contributed by atoms with Crippen molar-refractivity contribution < 1.29 is 33.1 Å². The highest BCUT2D eigenvalue weighted by Gasteiger charge is 2.51. The van der Waals surface area contributed by atoms with Gasteiger partial charge < -0.3 is 19.2 Å². The van der Waals surface area contributed by atoms with Crippen LogP contribution in [0.4, 0.5) is 0 Å². The van der Waals surface area contributed by atoms with Gasteiger partial charge in [0.1, 0.15) is 17.8 Å².